The second-order valence-electron chi connectivity index (χ2n) is 8.03. The third-order valence-electron chi connectivity index (χ3n) is 5.82. The number of aryl methyl sites for hydroxylation is 3. The minimum atomic E-state index is -0.410. The number of benzene rings is 3. The van der Waals surface area contributed by atoms with Gasteiger partial charge in [0, 0.05) is 5.69 Å². The summed E-state index contributed by atoms with van der Waals surface area (Å²) in [6.07, 6.45) is 0. The maximum absolute atomic E-state index is 13.6. The fourth-order valence-corrected chi connectivity index (χ4v) is 3.80. The van der Waals surface area contributed by atoms with Crippen molar-refractivity contribution >= 4 is 28.8 Å². The maximum Gasteiger partial charge on any atom is 0.282 e. The number of nitrogens with one attached hydrogen (secondary N) is 1. The summed E-state index contributed by atoms with van der Waals surface area (Å²) >= 11 is 0. The molecule has 33 heavy (non-hydrogen) atoms. The van der Waals surface area contributed by atoms with Crippen molar-refractivity contribution in [3.05, 3.63) is 88.6 Å². The molecule has 0 atom stereocenters. The molecule has 4 rings (SSSR count). The highest BCUT2D eigenvalue weighted by Gasteiger charge is 2.40. The fraction of sp³-hybridized carbons (Fsp3) is 0.185. The molecule has 6 nitrogen and oxygen atoms in total. The largest absolute Gasteiger partial charge is 0.493 e. The molecule has 0 spiro atoms. The molecule has 0 saturated heterocycles. The van der Waals surface area contributed by atoms with Gasteiger partial charge in [0.2, 0.25) is 0 Å². The van der Waals surface area contributed by atoms with E-state index in [1.54, 1.807) is 37.4 Å². The van der Waals surface area contributed by atoms with E-state index >= 15 is 0 Å². The smallest absolute Gasteiger partial charge is 0.282 e. The molecule has 0 aliphatic carbocycles. The second-order valence-corrected chi connectivity index (χ2v) is 8.03. The molecular weight excluding hydrogens is 416 g/mol. The first kappa shape index (κ1) is 22.1. The van der Waals surface area contributed by atoms with E-state index in [-0.39, 0.29) is 11.3 Å². The van der Waals surface area contributed by atoms with Gasteiger partial charge in [0.1, 0.15) is 5.70 Å². The van der Waals surface area contributed by atoms with Gasteiger partial charge >= 0.3 is 0 Å². The zero-order valence-electron chi connectivity index (χ0n) is 19.4. The van der Waals surface area contributed by atoms with Gasteiger partial charge in [0.15, 0.2) is 11.5 Å². The average Bonchev–Trinajstić information content (AvgIpc) is 3.05. The number of carbonyl (C=O) groups is 2. The third kappa shape index (κ3) is 4.07. The summed E-state index contributed by atoms with van der Waals surface area (Å²) in [5.41, 5.74) is 5.58. The van der Waals surface area contributed by atoms with Gasteiger partial charge < -0.3 is 14.8 Å². The Hall–Kier alpha value is -4.06. The Morgan fingerprint density at radius 3 is 2.06 bits per heavy atom. The molecule has 0 bridgehead atoms. The van der Waals surface area contributed by atoms with Gasteiger partial charge in [-0.1, -0.05) is 29.8 Å². The van der Waals surface area contributed by atoms with E-state index < -0.39 is 11.8 Å². The van der Waals surface area contributed by atoms with Gasteiger partial charge in [0.05, 0.1) is 25.5 Å². The Kier molecular flexibility index (Phi) is 5.92. The van der Waals surface area contributed by atoms with Gasteiger partial charge in [-0.15, -0.1) is 0 Å². The number of methoxy groups -OCH3 is 2. The van der Waals surface area contributed by atoms with Crippen LogP contribution in [0.15, 0.2) is 66.4 Å². The van der Waals surface area contributed by atoms with E-state index in [0.29, 0.717) is 22.7 Å². The summed E-state index contributed by atoms with van der Waals surface area (Å²) in [7, 11) is 3.08. The molecule has 0 fully saturated rings. The van der Waals surface area contributed by atoms with Crippen LogP contribution in [0.4, 0.5) is 11.4 Å². The fourth-order valence-electron chi connectivity index (χ4n) is 3.80. The van der Waals surface area contributed by atoms with E-state index in [2.05, 4.69) is 5.32 Å². The van der Waals surface area contributed by atoms with E-state index in [1.165, 1.54) is 12.0 Å². The van der Waals surface area contributed by atoms with E-state index in [1.807, 2.05) is 51.1 Å². The van der Waals surface area contributed by atoms with Crippen molar-refractivity contribution in [3.63, 3.8) is 0 Å². The molecule has 1 N–H and O–H groups in total. The number of rotatable bonds is 6. The predicted molar refractivity (Wildman–Crippen MR) is 130 cm³/mol. The summed E-state index contributed by atoms with van der Waals surface area (Å²) in [6, 6.07) is 18.3. The molecule has 0 saturated carbocycles. The third-order valence-corrected chi connectivity index (χ3v) is 5.82. The van der Waals surface area contributed by atoms with Gasteiger partial charge in [0.25, 0.3) is 11.8 Å². The van der Waals surface area contributed by atoms with Gasteiger partial charge in [-0.2, -0.15) is 0 Å². The highest BCUT2D eigenvalue weighted by atomic mass is 16.5. The van der Waals surface area contributed by atoms with Crippen LogP contribution in [0.5, 0.6) is 11.5 Å². The van der Waals surface area contributed by atoms with E-state index in [4.69, 9.17) is 9.47 Å². The SMILES string of the molecule is COc1ccc(C2=C(Nc3ccc(C)c(C)c3)C(=O)N(c3ccc(C)cc3)C2=O)cc1OC. The molecule has 3 aromatic rings. The lowest BCUT2D eigenvalue weighted by Crippen LogP contribution is -2.32. The quantitative estimate of drug-likeness (QED) is 0.543. The number of imide groups is 1. The Labute approximate surface area is 193 Å². The van der Waals surface area contributed by atoms with Crippen LogP contribution in [-0.2, 0) is 9.59 Å². The lowest BCUT2D eigenvalue weighted by atomic mass is 10.0. The van der Waals surface area contributed by atoms with Gasteiger partial charge in [-0.25, -0.2) is 4.90 Å². The second kappa shape index (κ2) is 8.82. The molecule has 1 heterocycles. The highest BCUT2D eigenvalue weighted by molar-refractivity contribution is 6.46. The molecule has 0 radical (unpaired) electrons. The molecule has 168 valence electrons. The number of anilines is 2. The van der Waals surface area contributed by atoms with Crippen LogP contribution in [0.1, 0.15) is 22.3 Å². The number of hydrogen-bond acceptors (Lipinski definition) is 5. The van der Waals surface area contributed by atoms with Crippen LogP contribution in [-0.4, -0.2) is 26.0 Å². The van der Waals surface area contributed by atoms with Crippen LogP contribution in [0.3, 0.4) is 0 Å². The lowest BCUT2D eigenvalue weighted by molar-refractivity contribution is -0.120. The molecule has 0 aromatic heterocycles. The van der Waals surface area contributed by atoms with E-state index in [9.17, 15) is 9.59 Å². The van der Waals surface area contributed by atoms with Crippen molar-refractivity contribution < 1.29 is 19.1 Å². The summed E-state index contributed by atoms with van der Waals surface area (Å²) < 4.78 is 10.8. The number of ether oxygens (including phenoxy) is 2. The number of carbonyl (C=O) groups excluding carboxylic acids is 2. The first-order valence-corrected chi connectivity index (χ1v) is 10.6. The van der Waals surface area contributed by atoms with Crippen molar-refractivity contribution in [3.8, 4) is 11.5 Å². The van der Waals surface area contributed by atoms with Crippen LogP contribution < -0.4 is 19.7 Å². The normalized spacial score (nSPS) is 13.5. The monoisotopic (exact) mass is 442 g/mol. The maximum atomic E-state index is 13.6. The minimum Gasteiger partial charge on any atom is -0.493 e. The van der Waals surface area contributed by atoms with E-state index in [0.717, 1.165) is 22.4 Å². The van der Waals surface area contributed by atoms with Crippen LogP contribution in [0.25, 0.3) is 5.57 Å². The van der Waals surface area contributed by atoms with Crippen LogP contribution in [0, 0.1) is 20.8 Å². The summed E-state index contributed by atoms with van der Waals surface area (Å²) in [5, 5.41) is 3.21. The van der Waals surface area contributed by atoms with Crippen molar-refractivity contribution in [2.45, 2.75) is 20.8 Å². The Balaban J connectivity index is 1.85. The van der Waals surface area contributed by atoms with Crippen molar-refractivity contribution in [2.75, 3.05) is 24.4 Å². The van der Waals surface area contributed by atoms with Crippen LogP contribution in [0.2, 0.25) is 0 Å². The standard InChI is InChI=1S/C27H26N2O4/c1-16-6-11-21(12-7-16)29-26(30)24(19-9-13-22(32-4)23(15-19)33-5)25(27(29)31)28-20-10-8-17(2)18(3)14-20/h6-15,28H,1-5H3. The predicted octanol–water partition coefficient (Wildman–Crippen LogP) is 5.03. The average molecular weight is 443 g/mol. The zero-order chi connectivity index (χ0) is 23.7. The number of nitrogens with zero attached hydrogens (tertiary/aromatic N) is 1. The van der Waals surface area contributed by atoms with Crippen molar-refractivity contribution in [1.29, 1.82) is 0 Å². The highest BCUT2D eigenvalue weighted by Crippen LogP contribution is 2.37. The Morgan fingerprint density at radius 2 is 1.42 bits per heavy atom. The molecular formula is C27H26N2O4. The molecule has 6 heteroatoms. The first-order valence-electron chi connectivity index (χ1n) is 10.6. The summed E-state index contributed by atoms with van der Waals surface area (Å²) in [6.45, 7) is 5.98. The molecule has 3 aromatic carbocycles. The molecule has 1 aliphatic rings. The van der Waals surface area contributed by atoms with Crippen molar-refractivity contribution in [1.82, 2.24) is 0 Å². The summed E-state index contributed by atoms with van der Waals surface area (Å²) in [4.78, 5) is 28.4. The van der Waals surface area contributed by atoms with Crippen LogP contribution >= 0.6 is 0 Å². The Bertz CT molecular complexity index is 1280. The molecule has 2 amide bonds. The van der Waals surface area contributed by atoms with Gasteiger partial charge in [-0.3, -0.25) is 9.59 Å². The molecule has 1 aliphatic heterocycles. The topological polar surface area (TPSA) is 67.9 Å². The Morgan fingerprint density at radius 1 is 0.727 bits per heavy atom. The van der Waals surface area contributed by atoms with Gasteiger partial charge in [-0.05, 0) is 73.9 Å². The first-order chi connectivity index (χ1) is 15.8. The summed E-state index contributed by atoms with van der Waals surface area (Å²) in [5.74, 6) is 0.203. The minimum absolute atomic E-state index is 0.219. The zero-order valence-corrected chi connectivity index (χ0v) is 19.4. The molecule has 0 unspecified atom stereocenters. The van der Waals surface area contributed by atoms with Crippen molar-refractivity contribution in [2.24, 2.45) is 0 Å². The number of amides is 2. The lowest BCUT2D eigenvalue weighted by Gasteiger charge is -2.16. The number of hydrogen-bond donors (Lipinski definition) is 1.